The molecule has 0 saturated heterocycles. The maximum Gasteiger partial charge on any atom is 0.0616 e. The Hall–Kier alpha value is -0.120. The third-order valence-electron chi connectivity index (χ3n) is 2.68. The monoisotopic (exact) mass is 232 g/mol. The van der Waals surface area contributed by atoms with Gasteiger partial charge in [-0.2, -0.15) is 0 Å². The van der Waals surface area contributed by atoms with Crippen molar-refractivity contribution >= 4 is 0 Å². The molecule has 0 bridgehead atoms. The van der Waals surface area contributed by atoms with Gasteiger partial charge in [0.1, 0.15) is 0 Å². The summed E-state index contributed by atoms with van der Waals surface area (Å²) in [6.07, 6.45) is 7.37. The van der Waals surface area contributed by atoms with Gasteiger partial charge in [0.25, 0.3) is 0 Å². The molecule has 1 atom stereocenters. The van der Waals surface area contributed by atoms with Gasteiger partial charge in [-0.25, -0.2) is 0 Å². The van der Waals surface area contributed by atoms with Crippen molar-refractivity contribution < 1.29 is 15.3 Å². The molecule has 0 amide bonds. The van der Waals surface area contributed by atoms with Gasteiger partial charge in [0.15, 0.2) is 0 Å². The van der Waals surface area contributed by atoms with Gasteiger partial charge < -0.3 is 15.3 Å². The first-order valence-electron chi connectivity index (χ1n) is 6.47. The van der Waals surface area contributed by atoms with Crippen LogP contribution in [0, 0.1) is 0 Å². The summed E-state index contributed by atoms with van der Waals surface area (Å²) < 4.78 is 0. The predicted molar refractivity (Wildman–Crippen MR) is 66.3 cm³/mol. The molecule has 3 nitrogen and oxygen atoms in total. The molecule has 0 spiro atoms. The van der Waals surface area contributed by atoms with Crippen LogP contribution in [-0.4, -0.2) is 33.6 Å². The highest BCUT2D eigenvalue weighted by molar-refractivity contribution is 4.70. The lowest BCUT2D eigenvalue weighted by Gasteiger charge is -2.21. The van der Waals surface area contributed by atoms with Crippen LogP contribution in [0.4, 0.5) is 0 Å². The molecule has 0 aromatic carbocycles. The number of aliphatic hydroxyl groups excluding tert-OH is 2. The van der Waals surface area contributed by atoms with Gasteiger partial charge in [0, 0.05) is 13.0 Å². The van der Waals surface area contributed by atoms with E-state index in [-0.39, 0.29) is 6.10 Å². The van der Waals surface area contributed by atoms with Gasteiger partial charge >= 0.3 is 0 Å². The fourth-order valence-electron chi connectivity index (χ4n) is 1.88. The van der Waals surface area contributed by atoms with E-state index in [1.54, 1.807) is 13.8 Å². The lowest BCUT2D eigenvalue weighted by atomic mass is 9.97. The first-order valence-corrected chi connectivity index (χ1v) is 6.47. The molecule has 98 valence electrons. The summed E-state index contributed by atoms with van der Waals surface area (Å²) in [6, 6.07) is 0. The van der Waals surface area contributed by atoms with E-state index in [2.05, 4.69) is 0 Å². The average molecular weight is 232 g/mol. The maximum atomic E-state index is 9.63. The molecule has 0 heterocycles. The highest BCUT2D eigenvalue weighted by atomic mass is 16.3. The highest BCUT2D eigenvalue weighted by Gasteiger charge is 2.17. The van der Waals surface area contributed by atoms with E-state index in [1.165, 1.54) is 12.8 Å². The second kappa shape index (κ2) is 8.97. The largest absolute Gasteiger partial charge is 0.396 e. The van der Waals surface area contributed by atoms with Crippen LogP contribution in [0.2, 0.25) is 0 Å². The van der Waals surface area contributed by atoms with Crippen LogP contribution in [0.5, 0.6) is 0 Å². The Morgan fingerprint density at radius 3 is 1.94 bits per heavy atom. The minimum atomic E-state index is -0.763. The topological polar surface area (TPSA) is 60.7 Å². The van der Waals surface area contributed by atoms with Crippen molar-refractivity contribution in [2.75, 3.05) is 6.61 Å². The van der Waals surface area contributed by atoms with Crippen molar-refractivity contribution in [2.45, 2.75) is 76.9 Å². The van der Waals surface area contributed by atoms with Gasteiger partial charge in [-0.15, -0.1) is 0 Å². The second-order valence-electron chi connectivity index (χ2n) is 5.30. The predicted octanol–water partition coefficient (Wildman–Crippen LogP) is 2.23. The van der Waals surface area contributed by atoms with Crippen molar-refractivity contribution in [3.8, 4) is 0 Å². The Balaban J connectivity index is 3.25. The first kappa shape index (κ1) is 15.9. The van der Waals surface area contributed by atoms with Gasteiger partial charge in [-0.05, 0) is 26.7 Å². The van der Waals surface area contributed by atoms with E-state index in [0.29, 0.717) is 13.0 Å². The number of aliphatic hydroxyl groups is 3. The van der Waals surface area contributed by atoms with Crippen molar-refractivity contribution in [3.63, 3.8) is 0 Å². The molecule has 0 saturated carbocycles. The normalized spacial score (nSPS) is 14.1. The Morgan fingerprint density at radius 2 is 1.44 bits per heavy atom. The van der Waals surface area contributed by atoms with E-state index in [0.717, 1.165) is 32.1 Å². The molecule has 0 aliphatic carbocycles. The molecule has 16 heavy (non-hydrogen) atoms. The van der Waals surface area contributed by atoms with Crippen LogP contribution in [0.25, 0.3) is 0 Å². The Morgan fingerprint density at radius 1 is 0.938 bits per heavy atom. The molecule has 1 unspecified atom stereocenters. The molecular formula is C13H28O3. The summed E-state index contributed by atoms with van der Waals surface area (Å²) in [4.78, 5) is 0. The summed E-state index contributed by atoms with van der Waals surface area (Å²) in [7, 11) is 0. The third kappa shape index (κ3) is 12.0. The molecule has 0 aliphatic rings. The molecule has 0 fully saturated rings. The summed E-state index contributed by atoms with van der Waals surface area (Å²) in [5.41, 5.74) is -0.763. The Bertz CT molecular complexity index is 152. The van der Waals surface area contributed by atoms with Crippen molar-refractivity contribution in [1.29, 1.82) is 0 Å². The lowest BCUT2D eigenvalue weighted by Crippen LogP contribution is -2.26. The van der Waals surface area contributed by atoms with Gasteiger partial charge in [-0.1, -0.05) is 32.1 Å². The van der Waals surface area contributed by atoms with Crippen molar-refractivity contribution in [3.05, 3.63) is 0 Å². The van der Waals surface area contributed by atoms with Crippen LogP contribution in [0.1, 0.15) is 65.2 Å². The van der Waals surface area contributed by atoms with E-state index >= 15 is 0 Å². The number of hydrogen-bond acceptors (Lipinski definition) is 3. The zero-order chi connectivity index (χ0) is 12.4. The quantitative estimate of drug-likeness (QED) is 0.506. The van der Waals surface area contributed by atoms with E-state index < -0.39 is 5.60 Å². The average Bonchev–Trinajstić information content (AvgIpc) is 2.13. The first-order chi connectivity index (χ1) is 7.45. The van der Waals surface area contributed by atoms with Gasteiger partial charge in [0.2, 0.25) is 0 Å². The molecule has 3 heteroatoms. The fourth-order valence-corrected chi connectivity index (χ4v) is 1.88. The number of unbranched alkanes of at least 4 members (excludes halogenated alkanes) is 5. The highest BCUT2D eigenvalue weighted by Crippen LogP contribution is 2.16. The summed E-state index contributed by atoms with van der Waals surface area (Å²) >= 11 is 0. The van der Waals surface area contributed by atoms with Crippen LogP contribution < -0.4 is 0 Å². The van der Waals surface area contributed by atoms with Crippen LogP contribution in [0.3, 0.4) is 0 Å². The number of hydrogen-bond donors (Lipinski definition) is 3. The van der Waals surface area contributed by atoms with Crippen molar-refractivity contribution in [2.24, 2.45) is 0 Å². The maximum absolute atomic E-state index is 9.63. The van der Waals surface area contributed by atoms with Crippen LogP contribution in [-0.2, 0) is 0 Å². The molecule has 0 rings (SSSR count). The molecule has 3 N–H and O–H groups in total. The van der Waals surface area contributed by atoms with Gasteiger partial charge in [-0.3, -0.25) is 0 Å². The fraction of sp³-hybridized carbons (Fsp3) is 1.00. The minimum Gasteiger partial charge on any atom is -0.396 e. The Labute approximate surface area is 99.5 Å². The molecule has 0 aliphatic heterocycles. The van der Waals surface area contributed by atoms with Crippen LogP contribution in [0.15, 0.2) is 0 Å². The zero-order valence-electron chi connectivity index (χ0n) is 10.8. The van der Waals surface area contributed by atoms with Crippen molar-refractivity contribution in [1.82, 2.24) is 0 Å². The zero-order valence-corrected chi connectivity index (χ0v) is 10.8. The minimum absolute atomic E-state index is 0.296. The standard InChI is InChI=1S/C13H28O3/c1-13(2,16)11-12(15)9-7-5-3-4-6-8-10-14/h12,14-16H,3-11H2,1-2H3. The molecule has 0 aromatic rings. The Kier molecular flexibility index (Phi) is 8.90. The van der Waals surface area contributed by atoms with Gasteiger partial charge in [0.05, 0.1) is 11.7 Å². The molecule has 0 radical (unpaired) electrons. The second-order valence-corrected chi connectivity index (χ2v) is 5.30. The van der Waals surface area contributed by atoms with E-state index in [9.17, 15) is 10.2 Å². The summed E-state index contributed by atoms with van der Waals surface area (Å²) in [6.45, 7) is 3.75. The van der Waals surface area contributed by atoms with Crippen LogP contribution >= 0.6 is 0 Å². The third-order valence-corrected chi connectivity index (χ3v) is 2.68. The summed E-state index contributed by atoms with van der Waals surface area (Å²) in [5, 5.41) is 27.7. The lowest BCUT2D eigenvalue weighted by molar-refractivity contribution is 0.0150. The molecule has 0 aromatic heterocycles. The number of rotatable bonds is 10. The molecular weight excluding hydrogens is 204 g/mol. The van der Waals surface area contributed by atoms with E-state index in [1.807, 2.05) is 0 Å². The van der Waals surface area contributed by atoms with E-state index in [4.69, 9.17) is 5.11 Å². The smallest absolute Gasteiger partial charge is 0.0616 e. The summed E-state index contributed by atoms with van der Waals surface area (Å²) in [5.74, 6) is 0. The SMILES string of the molecule is CC(C)(O)CC(O)CCCCCCCCO.